The fourth-order valence-electron chi connectivity index (χ4n) is 5.67. The van der Waals surface area contributed by atoms with Gasteiger partial charge >= 0.3 is 0 Å². The largest absolute Gasteiger partial charge is 0.461 e. The number of carbonyl (C=O) groups is 2. The van der Waals surface area contributed by atoms with Gasteiger partial charge < -0.3 is 34.2 Å². The first-order valence-corrected chi connectivity index (χ1v) is 16.6. The fourth-order valence-corrected chi connectivity index (χ4v) is 5.67. The van der Waals surface area contributed by atoms with Gasteiger partial charge in [0.15, 0.2) is 0 Å². The van der Waals surface area contributed by atoms with Crippen molar-refractivity contribution in [3.8, 4) is 11.3 Å². The third-order valence-electron chi connectivity index (χ3n) is 8.09. The van der Waals surface area contributed by atoms with E-state index in [1.807, 2.05) is 72.8 Å². The van der Waals surface area contributed by atoms with Crippen molar-refractivity contribution in [2.24, 2.45) is 0 Å². The van der Waals surface area contributed by atoms with Crippen molar-refractivity contribution in [2.45, 2.75) is 13.0 Å². The minimum Gasteiger partial charge on any atom is -0.461 e. The van der Waals surface area contributed by atoms with Crippen LogP contribution in [0.3, 0.4) is 0 Å². The highest BCUT2D eigenvalue weighted by molar-refractivity contribution is 6.46. The number of fused-ring (bicyclic) bond motifs is 2. The summed E-state index contributed by atoms with van der Waals surface area (Å²) in [5, 5.41) is 7.91. The van der Waals surface area contributed by atoms with E-state index < -0.39 is 11.7 Å². The molecular weight excluding hydrogens is 618 g/mol. The number of H-pyrrole nitrogens is 1. The molecule has 9 heteroatoms. The number of nitrogens with one attached hydrogen (secondary N) is 3. The van der Waals surface area contributed by atoms with Gasteiger partial charge in [-0.05, 0) is 34.9 Å². The molecule has 0 saturated heterocycles. The van der Waals surface area contributed by atoms with Crippen molar-refractivity contribution in [1.82, 2.24) is 15.6 Å². The number of rotatable bonds is 19. The molecule has 3 N–H and O–H groups in total. The van der Waals surface area contributed by atoms with Gasteiger partial charge in [-0.25, -0.2) is 0 Å². The van der Waals surface area contributed by atoms with Crippen LogP contribution in [0, 0.1) is 0 Å². The van der Waals surface area contributed by atoms with Gasteiger partial charge in [0.1, 0.15) is 11.3 Å². The zero-order chi connectivity index (χ0) is 33.7. The van der Waals surface area contributed by atoms with Crippen molar-refractivity contribution >= 4 is 33.6 Å². The van der Waals surface area contributed by atoms with E-state index in [2.05, 4.69) is 52.0 Å². The molecule has 0 atom stereocenters. The molecule has 0 unspecified atom stereocenters. The number of Topliss-reactive ketones (excluding diaryl/α,β-unsaturated/α-hetero) is 1. The van der Waals surface area contributed by atoms with Crippen LogP contribution in [-0.2, 0) is 32.0 Å². The van der Waals surface area contributed by atoms with Crippen molar-refractivity contribution in [3.63, 3.8) is 0 Å². The Kier molecular flexibility index (Phi) is 12.0. The second-order valence-corrected chi connectivity index (χ2v) is 11.6. The van der Waals surface area contributed by atoms with Crippen LogP contribution in [0.4, 0.5) is 0 Å². The third kappa shape index (κ3) is 9.31. The summed E-state index contributed by atoms with van der Waals surface area (Å²) in [6, 6.07) is 35.8. The molecular formula is C40H41N3O6. The molecule has 0 aliphatic rings. The maximum atomic E-state index is 13.2. The third-order valence-corrected chi connectivity index (χ3v) is 8.09. The number of benzene rings is 4. The second-order valence-electron chi connectivity index (χ2n) is 11.6. The summed E-state index contributed by atoms with van der Waals surface area (Å²) >= 11 is 0. The van der Waals surface area contributed by atoms with Crippen LogP contribution in [0.5, 0.6) is 0 Å². The lowest BCUT2D eigenvalue weighted by Crippen LogP contribution is -2.34. The van der Waals surface area contributed by atoms with E-state index in [4.69, 9.17) is 18.6 Å². The van der Waals surface area contributed by atoms with Crippen LogP contribution in [0.1, 0.15) is 27.2 Å². The highest BCUT2D eigenvalue weighted by atomic mass is 16.5. The number of hydrogen-bond donors (Lipinski definition) is 3. The number of carbonyl (C=O) groups excluding carboxylic acids is 2. The maximum Gasteiger partial charge on any atom is 0.292 e. The fraction of sp³-hybridized carbons (Fsp3) is 0.250. The molecule has 9 nitrogen and oxygen atoms in total. The Balaban J connectivity index is 0.800. The predicted molar refractivity (Wildman–Crippen MR) is 191 cm³/mol. The van der Waals surface area contributed by atoms with Crippen LogP contribution >= 0.6 is 0 Å². The molecule has 252 valence electrons. The van der Waals surface area contributed by atoms with Gasteiger partial charge in [0, 0.05) is 42.3 Å². The Morgan fingerprint density at radius 2 is 1.35 bits per heavy atom. The monoisotopic (exact) mass is 659 g/mol. The van der Waals surface area contributed by atoms with Crippen molar-refractivity contribution in [3.05, 3.63) is 132 Å². The number of para-hydroxylation sites is 1. The van der Waals surface area contributed by atoms with Crippen LogP contribution in [-0.4, -0.2) is 69.4 Å². The maximum absolute atomic E-state index is 13.2. The van der Waals surface area contributed by atoms with Gasteiger partial charge in [-0.1, -0.05) is 91.0 Å². The van der Waals surface area contributed by atoms with E-state index >= 15 is 0 Å². The molecule has 0 fully saturated rings. The van der Waals surface area contributed by atoms with Crippen LogP contribution in [0.15, 0.2) is 114 Å². The normalized spacial score (nSPS) is 11.3. The minimum absolute atomic E-state index is 0.217. The summed E-state index contributed by atoms with van der Waals surface area (Å²) in [6.45, 7) is 4.25. The lowest BCUT2D eigenvalue weighted by atomic mass is 10.0. The van der Waals surface area contributed by atoms with Gasteiger partial charge in [-0.3, -0.25) is 9.59 Å². The SMILES string of the molecule is O=C(NCCOCCOCCOCCNCc1ccc2cc(Cc3ccccc3)oc2c1)C(=O)c1c(-c2ccccc2)[nH]c2ccccc12. The van der Waals surface area contributed by atoms with Gasteiger partial charge in [0.25, 0.3) is 11.7 Å². The zero-order valence-corrected chi connectivity index (χ0v) is 27.4. The molecule has 1 amide bonds. The summed E-state index contributed by atoms with van der Waals surface area (Å²) < 4.78 is 22.9. The lowest BCUT2D eigenvalue weighted by molar-refractivity contribution is -0.117. The highest BCUT2D eigenvalue weighted by Crippen LogP contribution is 2.30. The molecule has 0 radical (unpaired) electrons. The van der Waals surface area contributed by atoms with Gasteiger partial charge in [0.05, 0.1) is 50.9 Å². The quantitative estimate of drug-likeness (QED) is 0.0531. The van der Waals surface area contributed by atoms with Crippen molar-refractivity contribution in [1.29, 1.82) is 0 Å². The van der Waals surface area contributed by atoms with E-state index in [-0.39, 0.29) is 13.2 Å². The molecule has 0 aliphatic heterocycles. The number of hydrogen-bond acceptors (Lipinski definition) is 7. The van der Waals surface area contributed by atoms with Crippen molar-refractivity contribution < 1.29 is 28.2 Å². The van der Waals surface area contributed by atoms with E-state index in [1.165, 1.54) is 5.56 Å². The number of amides is 1. The second kappa shape index (κ2) is 17.4. The first-order valence-electron chi connectivity index (χ1n) is 16.6. The molecule has 0 aliphatic carbocycles. The van der Waals surface area contributed by atoms with Gasteiger partial charge in [-0.2, -0.15) is 0 Å². The summed E-state index contributed by atoms with van der Waals surface area (Å²) in [7, 11) is 0. The van der Waals surface area contributed by atoms with Crippen molar-refractivity contribution in [2.75, 3.05) is 52.7 Å². The molecule has 2 aromatic heterocycles. The number of furan rings is 1. The minimum atomic E-state index is -0.667. The van der Waals surface area contributed by atoms with Crippen LogP contribution in [0.2, 0.25) is 0 Å². The number of aromatic amines is 1. The standard InChI is InChI=1S/C40H41N3O6/c44-39(37-34-13-7-8-14-35(34)43-38(37)31-11-5-2-6-12-31)40(45)42-18-20-47-22-24-48-23-21-46-19-17-41-28-30-15-16-32-27-33(49-36(32)26-30)25-29-9-3-1-4-10-29/h1-16,26-27,41,43H,17-25,28H2,(H,42,45). The molecule has 0 saturated carbocycles. The Labute approximate surface area is 285 Å². The van der Waals surface area contributed by atoms with Gasteiger partial charge in [0.2, 0.25) is 0 Å². The summed E-state index contributed by atoms with van der Waals surface area (Å²) in [4.78, 5) is 29.3. The predicted octanol–water partition coefficient (Wildman–Crippen LogP) is 6.31. The molecule has 2 heterocycles. The molecule has 49 heavy (non-hydrogen) atoms. The first-order chi connectivity index (χ1) is 24.2. The smallest absolute Gasteiger partial charge is 0.292 e. The molecule has 0 spiro atoms. The van der Waals surface area contributed by atoms with E-state index in [1.54, 1.807) is 0 Å². The summed E-state index contributed by atoms with van der Waals surface area (Å²) in [5.41, 5.74) is 5.94. The Morgan fingerprint density at radius 3 is 2.12 bits per heavy atom. The van der Waals surface area contributed by atoms with Crippen LogP contribution < -0.4 is 10.6 Å². The lowest BCUT2D eigenvalue weighted by Gasteiger charge is -2.09. The molecule has 0 bridgehead atoms. The summed E-state index contributed by atoms with van der Waals surface area (Å²) in [6.07, 6.45) is 0.782. The zero-order valence-electron chi connectivity index (χ0n) is 27.4. The number of ether oxygens (including phenoxy) is 3. The van der Waals surface area contributed by atoms with E-state index in [0.29, 0.717) is 49.7 Å². The Morgan fingerprint density at radius 1 is 0.673 bits per heavy atom. The molecule has 4 aromatic carbocycles. The van der Waals surface area contributed by atoms with Gasteiger partial charge in [-0.15, -0.1) is 0 Å². The molecule has 6 rings (SSSR count). The topological polar surface area (TPSA) is 115 Å². The average molecular weight is 660 g/mol. The Bertz CT molecular complexity index is 1950. The number of ketones is 1. The molecule has 6 aromatic rings. The van der Waals surface area contributed by atoms with E-state index in [9.17, 15) is 9.59 Å². The Hall–Kier alpha value is -5.06. The highest BCUT2D eigenvalue weighted by Gasteiger charge is 2.24. The summed E-state index contributed by atoms with van der Waals surface area (Å²) in [5.74, 6) is -0.288. The first kappa shape index (κ1) is 33.8. The van der Waals surface area contributed by atoms with E-state index in [0.717, 1.165) is 52.9 Å². The number of aromatic nitrogens is 1. The van der Waals surface area contributed by atoms with Crippen LogP contribution in [0.25, 0.3) is 33.1 Å². The average Bonchev–Trinajstić information content (AvgIpc) is 3.73.